The van der Waals surface area contributed by atoms with Crippen molar-refractivity contribution in [2.75, 3.05) is 17.7 Å². The Balaban J connectivity index is 1.67. The van der Waals surface area contributed by atoms with Gasteiger partial charge in [-0.15, -0.1) is 10.2 Å². The lowest BCUT2D eigenvalue weighted by atomic mass is 10.2. The normalized spacial score (nSPS) is 11.0. The Bertz CT molecular complexity index is 958. The molecule has 2 aromatic carbocycles. The van der Waals surface area contributed by atoms with E-state index in [1.165, 1.54) is 18.2 Å². The van der Waals surface area contributed by atoms with Gasteiger partial charge < -0.3 is 15.4 Å². The fraction of sp³-hybridized carbons (Fsp3) is 0.105. The lowest BCUT2D eigenvalue weighted by Gasteiger charge is -2.10. The number of amides is 1. The minimum atomic E-state index is -4.43. The first kappa shape index (κ1) is 19.2. The van der Waals surface area contributed by atoms with Gasteiger partial charge in [-0.1, -0.05) is 12.1 Å². The molecule has 0 atom stereocenters. The van der Waals surface area contributed by atoms with Crippen LogP contribution in [0.2, 0.25) is 0 Å². The van der Waals surface area contributed by atoms with Crippen molar-refractivity contribution in [1.29, 1.82) is 0 Å². The zero-order valence-electron chi connectivity index (χ0n) is 14.6. The number of methoxy groups -OCH3 is 1. The molecule has 9 heteroatoms. The summed E-state index contributed by atoms with van der Waals surface area (Å²) >= 11 is 0. The summed E-state index contributed by atoms with van der Waals surface area (Å²) in [5.74, 6) is 0.431. The van der Waals surface area contributed by atoms with E-state index in [9.17, 15) is 18.0 Å². The second-order valence-electron chi connectivity index (χ2n) is 5.66. The van der Waals surface area contributed by atoms with Crippen molar-refractivity contribution in [3.05, 3.63) is 71.9 Å². The van der Waals surface area contributed by atoms with Crippen molar-refractivity contribution >= 4 is 23.1 Å². The van der Waals surface area contributed by atoms with Crippen LogP contribution in [0, 0.1) is 0 Å². The fourth-order valence-electron chi connectivity index (χ4n) is 2.34. The molecule has 0 spiro atoms. The molecule has 0 unspecified atom stereocenters. The number of anilines is 3. The van der Waals surface area contributed by atoms with Crippen molar-refractivity contribution in [2.45, 2.75) is 6.18 Å². The van der Waals surface area contributed by atoms with Crippen LogP contribution in [-0.2, 0) is 6.18 Å². The predicted molar refractivity (Wildman–Crippen MR) is 97.7 cm³/mol. The average molecular weight is 388 g/mol. The largest absolute Gasteiger partial charge is 0.495 e. The predicted octanol–water partition coefficient (Wildman–Crippen LogP) is 4.50. The second-order valence-corrected chi connectivity index (χ2v) is 5.66. The number of aromatic nitrogens is 2. The maximum absolute atomic E-state index is 12.6. The van der Waals surface area contributed by atoms with Crippen LogP contribution in [0.25, 0.3) is 0 Å². The number of ether oxygens (including phenoxy) is 1. The molecule has 3 aromatic rings. The maximum atomic E-state index is 12.6. The van der Waals surface area contributed by atoms with Gasteiger partial charge in [0.05, 0.1) is 18.4 Å². The zero-order valence-corrected chi connectivity index (χ0v) is 14.6. The number of rotatable bonds is 5. The Kier molecular flexibility index (Phi) is 5.44. The summed E-state index contributed by atoms with van der Waals surface area (Å²) in [7, 11) is 1.54. The molecule has 0 aliphatic heterocycles. The van der Waals surface area contributed by atoms with Gasteiger partial charge in [-0.25, -0.2) is 0 Å². The van der Waals surface area contributed by atoms with Crippen molar-refractivity contribution in [1.82, 2.24) is 10.2 Å². The van der Waals surface area contributed by atoms with Crippen molar-refractivity contribution in [3.8, 4) is 5.75 Å². The number of para-hydroxylation sites is 2. The van der Waals surface area contributed by atoms with Gasteiger partial charge in [0.2, 0.25) is 0 Å². The van der Waals surface area contributed by atoms with E-state index in [4.69, 9.17) is 4.74 Å². The van der Waals surface area contributed by atoms with Gasteiger partial charge in [0.15, 0.2) is 11.5 Å². The topological polar surface area (TPSA) is 76.1 Å². The summed E-state index contributed by atoms with van der Waals surface area (Å²) < 4.78 is 42.9. The first-order valence-corrected chi connectivity index (χ1v) is 8.09. The van der Waals surface area contributed by atoms with Gasteiger partial charge in [-0.05, 0) is 48.5 Å². The molecule has 0 aliphatic rings. The fourth-order valence-corrected chi connectivity index (χ4v) is 2.34. The number of carbonyl (C=O) groups is 1. The molecule has 28 heavy (non-hydrogen) atoms. The van der Waals surface area contributed by atoms with Crippen molar-refractivity contribution in [3.63, 3.8) is 0 Å². The standard InChI is InChI=1S/C19H15F3N4O2/c1-28-16-5-3-2-4-14(16)24-17-11-10-15(25-26-17)18(27)23-13-8-6-12(7-9-13)19(20,21)22/h2-11H,1H3,(H,23,27)(H,24,26). The minimum absolute atomic E-state index is 0.0190. The van der Waals surface area contributed by atoms with Crippen LogP contribution in [0.3, 0.4) is 0 Å². The first-order valence-electron chi connectivity index (χ1n) is 8.09. The molecule has 1 aromatic heterocycles. The SMILES string of the molecule is COc1ccccc1Nc1ccc(C(=O)Nc2ccc(C(F)(F)F)cc2)nn1. The van der Waals surface area contributed by atoms with Crippen LogP contribution >= 0.6 is 0 Å². The molecule has 0 saturated carbocycles. The number of carbonyl (C=O) groups excluding carboxylic acids is 1. The first-order chi connectivity index (χ1) is 13.4. The van der Waals surface area contributed by atoms with E-state index in [0.29, 0.717) is 17.3 Å². The maximum Gasteiger partial charge on any atom is 0.416 e. The van der Waals surface area contributed by atoms with E-state index in [-0.39, 0.29) is 11.4 Å². The summed E-state index contributed by atoms with van der Waals surface area (Å²) in [5.41, 5.74) is 0.125. The Hall–Kier alpha value is -3.62. The quantitative estimate of drug-likeness (QED) is 0.673. The van der Waals surface area contributed by atoms with E-state index in [2.05, 4.69) is 20.8 Å². The summed E-state index contributed by atoms with van der Waals surface area (Å²) in [4.78, 5) is 12.2. The molecule has 0 bridgehead atoms. The highest BCUT2D eigenvalue weighted by atomic mass is 19.4. The Labute approximate surface area is 158 Å². The third kappa shape index (κ3) is 4.56. The number of nitrogens with zero attached hydrogens (tertiary/aromatic N) is 2. The lowest BCUT2D eigenvalue weighted by molar-refractivity contribution is -0.137. The number of benzene rings is 2. The number of halogens is 3. The molecule has 2 N–H and O–H groups in total. The molecule has 6 nitrogen and oxygen atoms in total. The Morgan fingerprint density at radius 3 is 2.29 bits per heavy atom. The lowest BCUT2D eigenvalue weighted by Crippen LogP contribution is -2.15. The molecule has 0 radical (unpaired) electrons. The van der Waals surface area contributed by atoms with Gasteiger partial charge in [0, 0.05) is 5.69 Å². The Morgan fingerprint density at radius 1 is 0.964 bits per heavy atom. The number of hydrogen-bond acceptors (Lipinski definition) is 5. The molecule has 1 heterocycles. The summed E-state index contributed by atoms with van der Waals surface area (Å²) in [5, 5.41) is 13.3. The van der Waals surface area contributed by atoms with Crippen molar-refractivity contribution < 1.29 is 22.7 Å². The molecule has 144 valence electrons. The van der Waals surface area contributed by atoms with Crippen LogP contribution in [-0.4, -0.2) is 23.2 Å². The van der Waals surface area contributed by atoms with Crippen LogP contribution < -0.4 is 15.4 Å². The zero-order chi connectivity index (χ0) is 20.1. The van der Waals surface area contributed by atoms with E-state index >= 15 is 0 Å². The molecule has 3 rings (SSSR count). The van der Waals surface area contributed by atoms with E-state index in [1.807, 2.05) is 12.1 Å². The third-order valence-electron chi connectivity index (χ3n) is 3.74. The molecular formula is C19H15F3N4O2. The highest BCUT2D eigenvalue weighted by molar-refractivity contribution is 6.02. The van der Waals surface area contributed by atoms with E-state index in [0.717, 1.165) is 12.1 Å². The summed E-state index contributed by atoms with van der Waals surface area (Å²) in [6.45, 7) is 0. The monoisotopic (exact) mass is 388 g/mol. The number of nitrogens with one attached hydrogen (secondary N) is 2. The van der Waals surface area contributed by atoms with Crippen LogP contribution in [0.4, 0.5) is 30.4 Å². The smallest absolute Gasteiger partial charge is 0.416 e. The highest BCUT2D eigenvalue weighted by Gasteiger charge is 2.30. The molecular weight excluding hydrogens is 373 g/mol. The number of alkyl halides is 3. The Morgan fingerprint density at radius 2 is 1.68 bits per heavy atom. The van der Waals surface area contributed by atoms with Gasteiger partial charge in [0.1, 0.15) is 5.75 Å². The van der Waals surface area contributed by atoms with Crippen molar-refractivity contribution in [2.24, 2.45) is 0 Å². The molecule has 0 saturated heterocycles. The van der Waals surface area contributed by atoms with Gasteiger partial charge >= 0.3 is 6.18 Å². The van der Waals surface area contributed by atoms with Crippen LogP contribution in [0.15, 0.2) is 60.7 Å². The van der Waals surface area contributed by atoms with Crippen LogP contribution in [0.5, 0.6) is 5.75 Å². The minimum Gasteiger partial charge on any atom is -0.495 e. The molecule has 0 fully saturated rings. The highest BCUT2D eigenvalue weighted by Crippen LogP contribution is 2.30. The van der Waals surface area contributed by atoms with E-state index < -0.39 is 17.6 Å². The van der Waals surface area contributed by atoms with Gasteiger partial charge in [0.25, 0.3) is 5.91 Å². The van der Waals surface area contributed by atoms with Gasteiger partial charge in [-0.2, -0.15) is 13.2 Å². The second kappa shape index (κ2) is 7.95. The van der Waals surface area contributed by atoms with Crippen LogP contribution in [0.1, 0.15) is 16.1 Å². The average Bonchev–Trinajstić information content (AvgIpc) is 2.68. The number of hydrogen-bond donors (Lipinski definition) is 2. The third-order valence-corrected chi connectivity index (χ3v) is 3.74. The molecule has 1 amide bonds. The summed E-state index contributed by atoms with van der Waals surface area (Å²) in [6, 6.07) is 14.4. The summed E-state index contributed by atoms with van der Waals surface area (Å²) in [6.07, 6.45) is -4.43. The van der Waals surface area contributed by atoms with Gasteiger partial charge in [-0.3, -0.25) is 4.79 Å². The molecule has 0 aliphatic carbocycles. The van der Waals surface area contributed by atoms with E-state index in [1.54, 1.807) is 25.3 Å².